The number of rotatable bonds is 7. The number of amides is 1. The highest BCUT2D eigenvalue weighted by atomic mass is 16.5. The minimum Gasteiger partial charge on any atom is -0.481 e. The van der Waals surface area contributed by atoms with Crippen LogP contribution in [0.25, 0.3) is 0 Å². The van der Waals surface area contributed by atoms with Crippen LogP contribution in [0.3, 0.4) is 0 Å². The number of carbonyl (C=O) groups is 1. The van der Waals surface area contributed by atoms with E-state index < -0.39 is 6.10 Å². The molecule has 2 aromatic carbocycles. The Labute approximate surface area is 151 Å². The van der Waals surface area contributed by atoms with Crippen molar-refractivity contribution < 1.29 is 9.53 Å². The summed E-state index contributed by atoms with van der Waals surface area (Å²) in [6.07, 6.45) is 0.987. The zero-order valence-electron chi connectivity index (χ0n) is 15.9. The molecule has 0 aliphatic heterocycles. The average molecular weight is 339 g/mol. The lowest BCUT2D eigenvalue weighted by molar-refractivity contribution is -0.128. The second-order valence-electron chi connectivity index (χ2n) is 6.66. The van der Waals surface area contributed by atoms with Crippen LogP contribution in [-0.4, -0.2) is 12.0 Å². The summed E-state index contributed by atoms with van der Waals surface area (Å²) in [7, 11) is 0. The molecular formula is C22H29NO2. The van der Waals surface area contributed by atoms with Crippen LogP contribution in [0.1, 0.15) is 55.0 Å². The summed E-state index contributed by atoms with van der Waals surface area (Å²) in [6.45, 7) is 10.3. The quantitative estimate of drug-likeness (QED) is 0.768. The third-order valence-corrected chi connectivity index (χ3v) is 4.46. The third kappa shape index (κ3) is 5.09. The van der Waals surface area contributed by atoms with Crippen molar-refractivity contribution in [3.05, 3.63) is 64.7 Å². The van der Waals surface area contributed by atoms with E-state index in [1.807, 2.05) is 38.1 Å². The number of hydrogen-bond acceptors (Lipinski definition) is 2. The van der Waals surface area contributed by atoms with Crippen molar-refractivity contribution in [3.63, 3.8) is 0 Å². The maximum Gasteiger partial charge on any atom is 0.261 e. The lowest BCUT2D eigenvalue weighted by Crippen LogP contribution is -2.40. The minimum atomic E-state index is -0.485. The van der Waals surface area contributed by atoms with Gasteiger partial charge in [0.15, 0.2) is 6.10 Å². The Morgan fingerprint density at radius 1 is 1.00 bits per heavy atom. The van der Waals surface area contributed by atoms with Gasteiger partial charge in [0.2, 0.25) is 0 Å². The molecule has 0 aliphatic rings. The van der Waals surface area contributed by atoms with Crippen molar-refractivity contribution >= 4 is 5.91 Å². The fraction of sp³-hybridized carbons (Fsp3) is 0.409. The molecule has 0 aromatic heterocycles. The number of hydrogen-bond donors (Lipinski definition) is 1. The molecule has 0 saturated heterocycles. The van der Waals surface area contributed by atoms with Gasteiger partial charge in [0.1, 0.15) is 5.75 Å². The topological polar surface area (TPSA) is 38.3 Å². The highest BCUT2D eigenvalue weighted by molar-refractivity contribution is 5.81. The van der Waals surface area contributed by atoms with Gasteiger partial charge in [-0.3, -0.25) is 4.79 Å². The highest BCUT2D eigenvalue weighted by Crippen LogP contribution is 2.22. The van der Waals surface area contributed by atoms with Crippen LogP contribution >= 0.6 is 0 Å². The van der Waals surface area contributed by atoms with Gasteiger partial charge in [0.05, 0.1) is 6.04 Å². The summed E-state index contributed by atoms with van der Waals surface area (Å²) < 4.78 is 5.92. The van der Waals surface area contributed by atoms with E-state index in [0.29, 0.717) is 6.42 Å². The molecule has 2 atom stereocenters. The predicted molar refractivity (Wildman–Crippen MR) is 103 cm³/mol. The molecule has 0 aliphatic carbocycles. The van der Waals surface area contributed by atoms with Gasteiger partial charge in [-0.15, -0.1) is 0 Å². The van der Waals surface area contributed by atoms with E-state index >= 15 is 0 Å². The molecular weight excluding hydrogens is 310 g/mol. The standard InChI is InChI=1S/C22H29NO2/c1-6-20(19-12-11-16(4)13-17(19)5)23-22(24)21(7-2)25-18-10-8-9-15(3)14-18/h8-14,20-21H,6-7H2,1-5H3,(H,23,24)/t20-,21-/m0/s1. The molecule has 25 heavy (non-hydrogen) atoms. The molecule has 134 valence electrons. The lowest BCUT2D eigenvalue weighted by Gasteiger charge is -2.24. The summed E-state index contributed by atoms with van der Waals surface area (Å²) in [5.74, 6) is 0.678. The maximum absolute atomic E-state index is 12.7. The summed E-state index contributed by atoms with van der Waals surface area (Å²) >= 11 is 0. The largest absolute Gasteiger partial charge is 0.481 e. The normalized spacial score (nSPS) is 13.2. The van der Waals surface area contributed by atoms with Gasteiger partial charge in [-0.1, -0.05) is 49.7 Å². The Hall–Kier alpha value is -2.29. The van der Waals surface area contributed by atoms with Crippen molar-refractivity contribution in [3.8, 4) is 5.75 Å². The molecule has 0 spiro atoms. The van der Waals surface area contributed by atoms with Crippen LogP contribution in [0.5, 0.6) is 5.75 Å². The average Bonchev–Trinajstić information content (AvgIpc) is 2.58. The summed E-state index contributed by atoms with van der Waals surface area (Å²) in [4.78, 5) is 12.7. The smallest absolute Gasteiger partial charge is 0.261 e. The van der Waals surface area contributed by atoms with E-state index in [1.54, 1.807) is 0 Å². The second kappa shape index (κ2) is 8.70. The van der Waals surface area contributed by atoms with Gasteiger partial charge < -0.3 is 10.1 Å². The molecule has 0 radical (unpaired) electrons. The molecule has 0 saturated carbocycles. The molecule has 2 rings (SSSR count). The minimum absolute atomic E-state index is 0.00302. The number of carbonyl (C=O) groups excluding carboxylic acids is 1. The predicted octanol–water partition coefficient (Wildman–Crippen LogP) is 5.04. The lowest BCUT2D eigenvalue weighted by atomic mass is 9.97. The number of ether oxygens (including phenoxy) is 1. The van der Waals surface area contributed by atoms with Crippen LogP contribution in [-0.2, 0) is 4.79 Å². The van der Waals surface area contributed by atoms with Gasteiger partial charge in [0.25, 0.3) is 5.91 Å². The van der Waals surface area contributed by atoms with Crippen molar-refractivity contribution in [1.82, 2.24) is 5.32 Å². The van der Waals surface area contributed by atoms with Crippen molar-refractivity contribution in [2.45, 2.75) is 59.6 Å². The molecule has 0 fully saturated rings. The van der Waals surface area contributed by atoms with Gasteiger partial charge in [0, 0.05) is 0 Å². The second-order valence-corrected chi connectivity index (χ2v) is 6.66. The molecule has 1 N–H and O–H groups in total. The Balaban J connectivity index is 2.11. The van der Waals surface area contributed by atoms with Gasteiger partial charge in [-0.05, 0) is 62.4 Å². The van der Waals surface area contributed by atoms with Gasteiger partial charge in [-0.2, -0.15) is 0 Å². The molecule has 0 heterocycles. The van der Waals surface area contributed by atoms with E-state index in [9.17, 15) is 4.79 Å². The first-order chi connectivity index (χ1) is 11.9. The fourth-order valence-electron chi connectivity index (χ4n) is 3.06. The Morgan fingerprint density at radius 2 is 1.72 bits per heavy atom. The van der Waals surface area contributed by atoms with E-state index in [2.05, 4.69) is 44.3 Å². The van der Waals surface area contributed by atoms with Crippen LogP contribution in [0.4, 0.5) is 0 Å². The summed E-state index contributed by atoms with van der Waals surface area (Å²) in [6, 6.07) is 14.2. The highest BCUT2D eigenvalue weighted by Gasteiger charge is 2.22. The molecule has 3 nitrogen and oxygen atoms in total. The Kier molecular flexibility index (Phi) is 6.63. The Morgan fingerprint density at radius 3 is 2.32 bits per heavy atom. The molecule has 2 aromatic rings. The SMILES string of the molecule is CC[C@H](Oc1cccc(C)c1)C(=O)N[C@@H](CC)c1ccc(C)cc1C. The van der Waals surface area contributed by atoms with Crippen LogP contribution < -0.4 is 10.1 Å². The summed E-state index contributed by atoms with van der Waals surface area (Å²) in [5, 5.41) is 3.17. The first kappa shape index (κ1) is 19.0. The Bertz CT molecular complexity index is 724. The van der Waals surface area contributed by atoms with Crippen LogP contribution in [0.2, 0.25) is 0 Å². The van der Waals surface area contributed by atoms with Crippen molar-refractivity contribution in [2.24, 2.45) is 0 Å². The zero-order valence-corrected chi connectivity index (χ0v) is 15.9. The third-order valence-electron chi connectivity index (χ3n) is 4.46. The molecule has 0 bridgehead atoms. The molecule has 1 amide bonds. The van der Waals surface area contributed by atoms with Gasteiger partial charge >= 0.3 is 0 Å². The van der Waals surface area contributed by atoms with Crippen molar-refractivity contribution in [2.75, 3.05) is 0 Å². The van der Waals surface area contributed by atoms with E-state index in [-0.39, 0.29) is 11.9 Å². The van der Waals surface area contributed by atoms with E-state index in [1.165, 1.54) is 16.7 Å². The first-order valence-electron chi connectivity index (χ1n) is 9.05. The van der Waals surface area contributed by atoms with Crippen LogP contribution in [0, 0.1) is 20.8 Å². The van der Waals surface area contributed by atoms with E-state index in [4.69, 9.17) is 4.74 Å². The fourth-order valence-corrected chi connectivity index (χ4v) is 3.06. The number of aryl methyl sites for hydroxylation is 3. The monoisotopic (exact) mass is 339 g/mol. The molecule has 3 heteroatoms. The summed E-state index contributed by atoms with van der Waals surface area (Å²) in [5.41, 5.74) is 4.73. The van der Waals surface area contributed by atoms with Crippen molar-refractivity contribution in [1.29, 1.82) is 0 Å². The first-order valence-corrected chi connectivity index (χ1v) is 9.05. The zero-order chi connectivity index (χ0) is 18.4. The molecule has 0 unspecified atom stereocenters. The van der Waals surface area contributed by atoms with Crippen LogP contribution in [0.15, 0.2) is 42.5 Å². The number of benzene rings is 2. The van der Waals surface area contributed by atoms with Gasteiger partial charge in [-0.25, -0.2) is 0 Å². The number of nitrogens with one attached hydrogen (secondary N) is 1. The maximum atomic E-state index is 12.7. The van der Waals surface area contributed by atoms with E-state index in [0.717, 1.165) is 17.7 Å².